The Hall–Kier alpha value is -1.50. The van der Waals surface area contributed by atoms with E-state index < -0.39 is 17.3 Å². The van der Waals surface area contributed by atoms with Crippen LogP contribution in [0.5, 0.6) is 0 Å². The second kappa shape index (κ2) is 7.05. The van der Waals surface area contributed by atoms with Gasteiger partial charge in [-0.2, -0.15) is 0 Å². The van der Waals surface area contributed by atoms with Crippen LogP contribution in [0.1, 0.15) is 41.0 Å². The Bertz CT molecular complexity index is 336. The Balaban J connectivity index is 4.94. The summed E-state index contributed by atoms with van der Waals surface area (Å²) >= 11 is 0. The topological polar surface area (TPSA) is 55.4 Å². The molecule has 0 heterocycles. The van der Waals surface area contributed by atoms with Gasteiger partial charge in [-0.3, -0.25) is 9.59 Å². The number of amides is 1. The van der Waals surface area contributed by atoms with E-state index in [2.05, 4.69) is 11.2 Å². The number of carbonyl (C=O) groups is 2. The van der Waals surface area contributed by atoms with Gasteiger partial charge in [0, 0.05) is 0 Å². The Labute approximate surface area is 109 Å². The van der Waals surface area contributed by atoms with Gasteiger partial charge >= 0.3 is 5.97 Å². The lowest BCUT2D eigenvalue weighted by Gasteiger charge is -2.28. The van der Waals surface area contributed by atoms with Crippen LogP contribution in [0.3, 0.4) is 0 Å². The molecule has 1 amide bonds. The second-order valence-electron chi connectivity index (χ2n) is 5.19. The first kappa shape index (κ1) is 16.5. The van der Waals surface area contributed by atoms with Gasteiger partial charge < -0.3 is 10.1 Å². The molecule has 0 radical (unpaired) electrons. The lowest BCUT2D eigenvalue weighted by atomic mass is 9.80. The first-order valence-electron chi connectivity index (χ1n) is 6.21. The molecule has 2 atom stereocenters. The first-order chi connectivity index (χ1) is 8.27. The standard InChI is InChI=1S/C14H23NO3/c1-7-10(8-2)15-12(16)11(14(4,5)6)13(17)18-9-3/h1,10-11H,8-9H2,2-6H3,(H,15,16). The van der Waals surface area contributed by atoms with Gasteiger partial charge in [-0.15, -0.1) is 6.42 Å². The van der Waals surface area contributed by atoms with Crippen LogP contribution in [0.25, 0.3) is 0 Å². The van der Waals surface area contributed by atoms with Gasteiger partial charge in [0.05, 0.1) is 12.6 Å². The van der Waals surface area contributed by atoms with Crippen molar-refractivity contribution < 1.29 is 14.3 Å². The molecule has 1 N–H and O–H groups in total. The maximum absolute atomic E-state index is 12.1. The quantitative estimate of drug-likeness (QED) is 0.461. The largest absolute Gasteiger partial charge is 0.465 e. The van der Waals surface area contributed by atoms with E-state index in [1.165, 1.54) is 0 Å². The van der Waals surface area contributed by atoms with E-state index >= 15 is 0 Å². The molecule has 0 aliphatic heterocycles. The molecule has 0 aliphatic rings. The molecular formula is C14H23NO3. The van der Waals surface area contributed by atoms with Crippen molar-refractivity contribution in [2.45, 2.75) is 47.1 Å². The number of ether oxygens (including phenoxy) is 1. The fourth-order valence-corrected chi connectivity index (χ4v) is 1.60. The van der Waals surface area contributed by atoms with Crippen molar-refractivity contribution in [3.63, 3.8) is 0 Å². The van der Waals surface area contributed by atoms with Gasteiger partial charge in [0.2, 0.25) is 5.91 Å². The summed E-state index contributed by atoms with van der Waals surface area (Å²) < 4.78 is 4.95. The summed E-state index contributed by atoms with van der Waals surface area (Å²) in [5.74, 6) is 0.754. The van der Waals surface area contributed by atoms with Crippen LogP contribution in [-0.2, 0) is 14.3 Å². The van der Waals surface area contributed by atoms with Gasteiger partial charge in [-0.25, -0.2) is 0 Å². The normalized spacial score (nSPS) is 14.2. The summed E-state index contributed by atoms with van der Waals surface area (Å²) in [7, 11) is 0. The van der Waals surface area contributed by atoms with Crippen molar-refractivity contribution in [1.29, 1.82) is 0 Å². The Morgan fingerprint density at radius 3 is 2.22 bits per heavy atom. The molecule has 0 aliphatic carbocycles. The van der Waals surface area contributed by atoms with Gasteiger partial charge in [-0.05, 0) is 18.8 Å². The van der Waals surface area contributed by atoms with Gasteiger partial charge in [0.1, 0.15) is 5.92 Å². The predicted molar refractivity (Wildman–Crippen MR) is 70.6 cm³/mol. The zero-order chi connectivity index (χ0) is 14.3. The summed E-state index contributed by atoms with van der Waals surface area (Å²) in [5, 5.41) is 2.69. The Morgan fingerprint density at radius 1 is 1.33 bits per heavy atom. The van der Waals surface area contributed by atoms with E-state index in [4.69, 9.17) is 11.2 Å². The molecule has 0 saturated heterocycles. The minimum Gasteiger partial charge on any atom is -0.465 e. The molecule has 0 saturated carbocycles. The molecule has 4 nitrogen and oxygen atoms in total. The molecular weight excluding hydrogens is 230 g/mol. The van der Waals surface area contributed by atoms with Crippen molar-refractivity contribution in [3.8, 4) is 12.3 Å². The van der Waals surface area contributed by atoms with Crippen LogP contribution < -0.4 is 5.32 Å². The molecule has 102 valence electrons. The van der Waals surface area contributed by atoms with Gasteiger partial charge in [0.15, 0.2) is 0 Å². The number of hydrogen-bond donors (Lipinski definition) is 1. The Morgan fingerprint density at radius 2 is 1.89 bits per heavy atom. The number of rotatable bonds is 5. The third-order valence-corrected chi connectivity index (χ3v) is 2.58. The summed E-state index contributed by atoms with van der Waals surface area (Å²) in [6.45, 7) is 9.32. The minimum atomic E-state index is -0.847. The van der Waals surface area contributed by atoms with Crippen LogP contribution in [0, 0.1) is 23.7 Å². The third kappa shape index (κ3) is 4.79. The van der Waals surface area contributed by atoms with Gasteiger partial charge in [0.25, 0.3) is 0 Å². The average Bonchev–Trinajstić information content (AvgIpc) is 2.24. The van der Waals surface area contributed by atoms with Crippen molar-refractivity contribution in [1.82, 2.24) is 5.32 Å². The van der Waals surface area contributed by atoms with Gasteiger partial charge in [-0.1, -0.05) is 33.6 Å². The van der Waals surface area contributed by atoms with Crippen molar-refractivity contribution in [2.24, 2.45) is 11.3 Å². The number of nitrogens with one attached hydrogen (secondary N) is 1. The predicted octanol–water partition coefficient (Wildman–Crippen LogP) is 1.74. The highest BCUT2D eigenvalue weighted by molar-refractivity contribution is 5.98. The van der Waals surface area contributed by atoms with Crippen LogP contribution in [0.2, 0.25) is 0 Å². The zero-order valence-corrected chi connectivity index (χ0v) is 11.9. The summed E-state index contributed by atoms with van der Waals surface area (Å²) in [5.41, 5.74) is -0.511. The van der Waals surface area contributed by atoms with Crippen molar-refractivity contribution in [3.05, 3.63) is 0 Å². The molecule has 4 heteroatoms. The number of carbonyl (C=O) groups excluding carboxylic acids is 2. The summed E-state index contributed by atoms with van der Waals surface area (Å²) in [6.07, 6.45) is 5.92. The molecule has 0 aromatic carbocycles. The highest BCUT2D eigenvalue weighted by Gasteiger charge is 2.39. The highest BCUT2D eigenvalue weighted by atomic mass is 16.5. The smallest absolute Gasteiger partial charge is 0.319 e. The van der Waals surface area contributed by atoms with Crippen molar-refractivity contribution >= 4 is 11.9 Å². The number of hydrogen-bond acceptors (Lipinski definition) is 3. The maximum atomic E-state index is 12.1. The van der Waals surface area contributed by atoms with Crippen LogP contribution in [0.15, 0.2) is 0 Å². The Kier molecular flexibility index (Phi) is 6.46. The third-order valence-electron chi connectivity index (χ3n) is 2.58. The molecule has 0 spiro atoms. The average molecular weight is 253 g/mol. The zero-order valence-electron chi connectivity index (χ0n) is 11.9. The fraction of sp³-hybridized carbons (Fsp3) is 0.714. The lowest BCUT2D eigenvalue weighted by molar-refractivity contribution is -0.156. The SMILES string of the molecule is C#CC(CC)NC(=O)C(C(=O)OCC)C(C)(C)C. The monoisotopic (exact) mass is 253 g/mol. The van der Waals surface area contributed by atoms with E-state index in [1.807, 2.05) is 27.7 Å². The lowest BCUT2D eigenvalue weighted by Crippen LogP contribution is -2.46. The van der Waals surface area contributed by atoms with E-state index in [0.29, 0.717) is 6.42 Å². The first-order valence-corrected chi connectivity index (χ1v) is 6.21. The van der Waals surface area contributed by atoms with E-state index in [9.17, 15) is 9.59 Å². The maximum Gasteiger partial charge on any atom is 0.319 e. The summed E-state index contributed by atoms with van der Waals surface area (Å²) in [6, 6.07) is -0.350. The van der Waals surface area contributed by atoms with Crippen LogP contribution >= 0.6 is 0 Å². The molecule has 2 unspecified atom stereocenters. The van der Waals surface area contributed by atoms with E-state index in [0.717, 1.165) is 0 Å². The minimum absolute atomic E-state index is 0.255. The number of terminal acetylenes is 1. The van der Waals surface area contributed by atoms with E-state index in [1.54, 1.807) is 6.92 Å². The second-order valence-corrected chi connectivity index (χ2v) is 5.19. The fourth-order valence-electron chi connectivity index (χ4n) is 1.60. The summed E-state index contributed by atoms with van der Waals surface area (Å²) in [4.78, 5) is 24.0. The van der Waals surface area contributed by atoms with E-state index in [-0.39, 0.29) is 18.6 Å². The van der Waals surface area contributed by atoms with Crippen molar-refractivity contribution in [2.75, 3.05) is 6.61 Å². The molecule has 0 fully saturated rings. The molecule has 0 bridgehead atoms. The molecule has 0 rings (SSSR count). The number of esters is 1. The van der Waals surface area contributed by atoms with Crippen LogP contribution in [-0.4, -0.2) is 24.5 Å². The molecule has 18 heavy (non-hydrogen) atoms. The molecule has 0 aromatic heterocycles. The highest BCUT2D eigenvalue weighted by Crippen LogP contribution is 2.27. The van der Waals surface area contributed by atoms with Crippen LogP contribution in [0.4, 0.5) is 0 Å². The molecule has 0 aromatic rings.